The van der Waals surface area contributed by atoms with Crippen LogP contribution in [0.4, 0.5) is 0 Å². The lowest BCUT2D eigenvalue weighted by atomic mass is 9.87. The summed E-state index contributed by atoms with van der Waals surface area (Å²) < 4.78 is 5.35. The lowest BCUT2D eigenvalue weighted by molar-refractivity contribution is -0.161. The van der Waals surface area contributed by atoms with E-state index in [1.165, 1.54) is 0 Å². The fourth-order valence-electron chi connectivity index (χ4n) is 1.76. The minimum absolute atomic E-state index is 0.0951. The molecule has 0 aliphatic heterocycles. The lowest BCUT2D eigenvalue weighted by Crippen LogP contribution is -2.32. The van der Waals surface area contributed by atoms with E-state index in [0.717, 1.165) is 0 Å². The molecule has 0 saturated heterocycles. The van der Waals surface area contributed by atoms with Crippen molar-refractivity contribution >= 4 is 11.9 Å². The third kappa shape index (κ3) is 3.51. The fourth-order valence-corrected chi connectivity index (χ4v) is 1.76. The van der Waals surface area contributed by atoms with Gasteiger partial charge in [0.1, 0.15) is 6.10 Å². The number of ether oxygens (including phenoxy) is 1. The molecule has 1 aliphatic carbocycles. The summed E-state index contributed by atoms with van der Waals surface area (Å²) in [6, 6.07) is 0. The van der Waals surface area contributed by atoms with Crippen LogP contribution in [-0.2, 0) is 14.3 Å². The Hall–Kier alpha value is -1.06. The van der Waals surface area contributed by atoms with Gasteiger partial charge in [0.05, 0.1) is 11.3 Å². The van der Waals surface area contributed by atoms with E-state index in [0.29, 0.717) is 25.7 Å². The Labute approximate surface area is 96.0 Å². The zero-order valence-corrected chi connectivity index (χ0v) is 10.2. The van der Waals surface area contributed by atoms with Gasteiger partial charge in [0.15, 0.2) is 0 Å². The van der Waals surface area contributed by atoms with E-state index in [4.69, 9.17) is 9.84 Å². The molecule has 0 aromatic heterocycles. The highest BCUT2D eigenvalue weighted by molar-refractivity contribution is 5.75. The molecule has 0 radical (unpaired) electrons. The highest BCUT2D eigenvalue weighted by Gasteiger charge is 2.31. The van der Waals surface area contributed by atoms with Crippen molar-refractivity contribution in [3.8, 4) is 0 Å². The predicted octanol–water partition coefficient (Wildman–Crippen LogP) is 2.22. The fraction of sp³-hybridized carbons (Fsp3) is 0.833. The first-order chi connectivity index (χ1) is 7.30. The molecule has 0 atom stereocenters. The van der Waals surface area contributed by atoms with Crippen molar-refractivity contribution in [2.45, 2.75) is 52.6 Å². The monoisotopic (exact) mass is 228 g/mol. The van der Waals surface area contributed by atoms with Gasteiger partial charge in [-0.15, -0.1) is 0 Å². The molecule has 1 fully saturated rings. The molecule has 0 spiro atoms. The van der Waals surface area contributed by atoms with Crippen LogP contribution in [0.3, 0.4) is 0 Å². The summed E-state index contributed by atoms with van der Waals surface area (Å²) in [6.45, 7) is 5.45. The van der Waals surface area contributed by atoms with Gasteiger partial charge in [0, 0.05) is 0 Å². The Morgan fingerprint density at radius 2 is 1.62 bits per heavy atom. The van der Waals surface area contributed by atoms with Gasteiger partial charge in [-0.1, -0.05) is 0 Å². The summed E-state index contributed by atoms with van der Waals surface area (Å²) in [5.74, 6) is -1.20. The third-order valence-electron chi connectivity index (χ3n) is 2.91. The Morgan fingerprint density at radius 1 is 1.12 bits per heavy atom. The number of hydrogen-bond donors (Lipinski definition) is 1. The van der Waals surface area contributed by atoms with Crippen LogP contribution in [0.15, 0.2) is 0 Å². The molecule has 0 aromatic rings. The number of aliphatic carboxylic acids is 1. The first kappa shape index (κ1) is 13.0. The molecule has 0 bridgehead atoms. The molecule has 4 heteroatoms. The first-order valence-electron chi connectivity index (χ1n) is 5.74. The van der Waals surface area contributed by atoms with Crippen LogP contribution in [0.5, 0.6) is 0 Å². The van der Waals surface area contributed by atoms with Crippen molar-refractivity contribution in [3.63, 3.8) is 0 Å². The second-order valence-electron chi connectivity index (χ2n) is 5.47. The van der Waals surface area contributed by atoms with Crippen LogP contribution in [0.1, 0.15) is 46.5 Å². The van der Waals surface area contributed by atoms with Crippen LogP contribution >= 0.6 is 0 Å². The van der Waals surface area contributed by atoms with Gasteiger partial charge in [-0.25, -0.2) is 0 Å². The average molecular weight is 228 g/mol. The SMILES string of the molecule is CC(C)(C)C(=O)OC1CCC(C(=O)O)CC1. The average Bonchev–Trinajstić information content (AvgIpc) is 2.17. The van der Waals surface area contributed by atoms with Crippen molar-refractivity contribution in [3.05, 3.63) is 0 Å². The van der Waals surface area contributed by atoms with Gasteiger partial charge in [-0.3, -0.25) is 9.59 Å². The van der Waals surface area contributed by atoms with E-state index in [-0.39, 0.29) is 18.0 Å². The van der Waals surface area contributed by atoms with Crippen molar-refractivity contribution < 1.29 is 19.4 Å². The smallest absolute Gasteiger partial charge is 0.311 e. The highest BCUT2D eigenvalue weighted by atomic mass is 16.5. The van der Waals surface area contributed by atoms with Crippen molar-refractivity contribution in [2.24, 2.45) is 11.3 Å². The van der Waals surface area contributed by atoms with Crippen LogP contribution in [0.25, 0.3) is 0 Å². The molecule has 0 heterocycles. The van der Waals surface area contributed by atoms with E-state index in [9.17, 15) is 9.59 Å². The second-order valence-corrected chi connectivity index (χ2v) is 5.47. The maximum Gasteiger partial charge on any atom is 0.311 e. The summed E-state index contributed by atoms with van der Waals surface area (Å²) in [7, 11) is 0. The molecule has 0 aromatic carbocycles. The molecule has 0 unspecified atom stereocenters. The van der Waals surface area contributed by atoms with Crippen LogP contribution in [0.2, 0.25) is 0 Å². The number of carbonyl (C=O) groups is 2. The van der Waals surface area contributed by atoms with Gasteiger partial charge >= 0.3 is 11.9 Å². The molecule has 92 valence electrons. The Bertz CT molecular complexity index is 269. The summed E-state index contributed by atoms with van der Waals surface area (Å²) in [5.41, 5.74) is -0.482. The standard InChI is InChI=1S/C12H20O4/c1-12(2,3)11(15)16-9-6-4-8(5-7-9)10(13)14/h8-9H,4-7H2,1-3H3,(H,13,14). The number of rotatable bonds is 2. The maximum atomic E-state index is 11.6. The topological polar surface area (TPSA) is 63.6 Å². The summed E-state index contributed by atoms with van der Waals surface area (Å²) in [6.07, 6.45) is 2.45. The molecule has 4 nitrogen and oxygen atoms in total. The van der Waals surface area contributed by atoms with Gasteiger partial charge < -0.3 is 9.84 Å². The van der Waals surface area contributed by atoms with Gasteiger partial charge in [-0.05, 0) is 46.5 Å². The third-order valence-corrected chi connectivity index (χ3v) is 2.91. The van der Waals surface area contributed by atoms with E-state index in [1.807, 2.05) is 20.8 Å². The highest BCUT2D eigenvalue weighted by Crippen LogP contribution is 2.28. The minimum atomic E-state index is -0.736. The van der Waals surface area contributed by atoms with Crippen LogP contribution in [0, 0.1) is 11.3 Å². The number of carbonyl (C=O) groups excluding carboxylic acids is 1. The second kappa shape index (κ2) is 4.85. The predicted molar refractivity (Wildman–Crippen MR) is 58.9 cm³/mol. The van der Waals surface area contributed by atoms with E-state index >= 15 is 0 Å². The quantitative estimate of drug-likeness (QED) is 0.736. The largest absolute Gasteiger partial charge is 0.481 e. The molecule has 0 amide bonds. The summed E-state index contributed by atoms with van der Waals surface area (Å²) in [5, 5.41) is 8.83. The molecule has 1 N–H and O–H groups in total. The van der Waals surface area contributed by atoms with E-state index in [2.05, 4.69) is 0 Å². The molecule has 1 rings (SSSR count). The minimum Gasteiger partial charge on any atom is -0.481 e. The van der Waals surface area contributed by atoms with E-state index in [1.54, 1.807) is 0 Å². The summed E-state index contributed by atoms with van der Waals surface area (Å²) in [4.78, 5) is 22.3. The number of esters is 1. The van der Waals surface area contributed by atoms with Gasteiger partial charge in [0.25, 0.3) is 0 Å². The number of hydrogen-bond acceptors (Lipinski definition) is 3. The molecule has 16 heavy (non-hydrogen) atoms. The molecular weight excluding hydrogens is 208 g/mol. The molecule has 1 saturated carbocycles. The zero-order chi connectivity index (χ0) is 12.3. The first-order valence-corrected chi connectivity index (χ1v) is 5.74. The van der Waals surface area contributed by atoms with Gasteiger partial charge in [-0.2, -0.15) is 0 Å². The van der Waals surface area contributed by atoms with E-state index < -0.39 is 11.4 Å². The maximum absolute atomic E-state index is 11.6. The molecule has 1 aliphatic rings. The molecular formula is C12H20O4. The van der Waals surface area contributed by atoms with Crippen LogP contribution < -0.4 is 0 Å². The number of carboxylic acids is 1. The zero-order valence-electron chi connectivity index (χ0n) is 10.2. The van der Waals surface area contributed by atoms with Crippen molar-refractivity contribution in [1.29, 1.82) is 0 Å². The lowest BCUT2D eigenvalue weighted by Gasteiger charge is -2.28. The van der Waals surface area contributed by atoms with Gasteiger partial charge in [0.2, 0.25) is 0 Å². The normalized spacial score (nSPS) is 26.2. The Kier molecular flexibility index (Phi) is 3.94. The Balaban J connectivity index is 2.38. The number of carboxylic acid groups (broad SMARTS) is 1. The Morgan fingerprint density at radius 3 is 2.00 bits per heavy atom. The summed E-state index contributed by atoms with van der Waals surface area (Å²) >= 11 is 0. The van der Waals surface area contributed by atoms with Crippen molar-refractivity contribution in [2.75, 3.05) is 0 Å². The van der Waals surface area contributed by atoms with Crippen LogP contribution in [-0.4, -0.2) is 23.1 Å². The van der Waals surface area contributed by atoms with Crippen molar-refractivity contribution in [1.82, 2.24) is 0 Å².